The Labute approximate surface area is 431 Å². The summed E-state index contributed by atoms with van der Waals surface area (Å²) in [5.74, 6) is -1.38. The molecule has 8 rings (SSSR count). The Morgan fingerprint density at radius 3 is 1.20 bits per heavy atom. The minimum atomic E-state index is -1.41. The molecule has 6 aromatic rings. The average molecular weight is 1010 g/mol. The number of rotatable bonds is 24. The molecule has 0 spiro atoms. The van der Waals surface area contributed by atoms with Gasteiger partial charge in [-0.3, -0.25) is 14.4 Å². The maximum absolute atomic E-state index is 13.3. The van der Waals surface area contributed by atoms with Gasteiger partial charge in [0, 0.05) is 20.8 Å². The van der Waals surface area contributed by atoms with Crippen LogP contribution in [0.15, 0.2) is 176 Å². The first-order valence-corrected chi connectivity index (χ1v) is 24.6. The molecular weight excluding hydrogens is 949 g/mol. The van der Waals surface area contributed by atoms with Gasteiger partial charge >= 0.3 is 17.9 Å². The van der Waals surface area contributed by atoms with Gasteiger partial charge < -0.3 is 56.8 Å². The van der Waals surface area contributed by atoms with Crippen LogP contribution in [0.2, 0.25) is 0 Å². The second-order valence-corrected chi connectivity index (χ2v) is 17.8. The molecule has 10 atom stereocenters. The van der Waals surface area contributed by atoms with Crippen LogP contribution in [0.25, 0.3) is 0 Å². The van der Waals surface area contributed by atoms with E-state index in [1.54, 1.807) is 24.3 Å². The van der Waals surface area contributed by atoms with Crippen molar-refractivity contribution < 1.29 is 71.2 Å². The maximum Gasteiger partial charge on any atom is 0.308 e. The van der Waals surface area contributed by atoms with Gasteiger partial charge in [0.05, 0.1) is 46.2 Å². The minimum absolute atomic E-state index is 0.0329. The van der Waals surface area contributed by atoms with E-state index < -0.39 is 79.3 Å². The standard InChI is InChI=1S/C59H62O15/c1-40(60)68-48-29-31-49(32-30-48)71-59-57(70-42(3)62)55(69-41(2)61)53(51(73-59)39-64-34-44-21-11-5-12-22-44)74-58-56(67-37-47-27-17-8-18-28-47)54(66-36-46-25-15-7-16-26-46)52(65-35-45-23-13-6-14-24-45)50(72-58)38-63-33-43-19-9-4-10-20-43/h4-32,50-59H,33-39H2,1-3H3/t50-,51-,52-,53-,54+,55+,56-,57-,58?,59-/m1/s1. The second kappa shape index (κ2) is 27.5. The molecule has 2 fully saturated rings. The van der Waals surface area contributed by atoms with Crippen molar-refractivity contribution in [2.75, 3.05) is 13.2 Å². The van der Waals surface area contributed by atoms with Crippen LogP contribution in [0.4, 0.5) is 0 Å². The predicted molar refractivity (Wildman–Crippen MR) is 269 cm³/mol. The SMILES string of the molecule is CC(=O)Oc1ccc(O[C@@H]2O[C@H](COCc3ccccc3)[C@@H](OC3O[C@H](COCc4ccccc4)[C@@H](OCc4ccccc4)[C@H](OCc4ccccc4)[C@H]3OCc3ccccc3)[C@H](OC(C)=O)[C@H]2OC(C)=O)cc1. The molecule has 0 radical (unpaired) electrons. The monoisotopic (exact) mass is 1010 g/mol. The van der Waals surface area contributed by atoms with Crippen LogP contribution in [-0.2, 0) is 94.8 Å². The number of carbonyl (C=O) groups is 3. The van der Waals surface area contributed by atoms with Crippen LogP contribution in [0.3, 0.4) is 0 Å². The lowest BCUT2D eigenvalue weighted by Crippen LogP contribution is -2.67. The second-order valence-electron chi connectivity index (χ2n) is 17.8. The summed E-state index contributed by atoms with van der Waals surface area (Å²) in [4.78, 5) is 38.1. The van der Waals surface area contributed by atoms with Gasteiger partial charge in [0.1, 0.15) is 48.1 Å². The fourth-order valence-corrected chi connectivity index (χ4v) is 8.68. The van der Waals surface area contributed by atoms with Crippen molar-refractivity contribution in [2.24, 2.45) is 0 Å². The van der Waals surface area contributed by atoms with Crippen LogP contribution in [0.5, 0.6) is 11.5 Å². The largest absolute Gasteiger partial charge is 0.461 e. The normalized spacial score (nSPS) is 23.6. The first-order valence-electron chi connectivity index (χ1n) is 24.6. The van der Waals surface area contributed by atoms with E-state index in [9.17, 15) is 14.4 Å². The van der Waals surface area contributed by atoms with E-state index in [0.717, 1.165) is 27.8 Å². The Hall–Kier alpha value is -6.79. The molecule has 15 nitrogen and oxygen atoms in total. The van der Waals surface area contributed by atoms with Crippen molar-refractivity contribution in [3.8, 4) is 11.5 Å². The molecule has 1 unspecified atom stereocenters. The summed E-state index contributed by atoms with van der Waals surface area (Å²) in [6.07, 6.45) is -11.4. The van der Waals surface area contributed by atoms with Crippen molar-refractivity contribution in [2.45, 2.75) is 115 Å². The number of ether oxygens (including phenoxy) is 12. The van der Waals surface area contributed by atoms with Crippen molar-refractivity contribution in [1.29, 1.82) is 0 Å². The first kappa shape index (κ1) is 53.5. The molecule has 0 amide bonds. The summed E-state index contributed by atoms with van der Waals surface area (Å²) in [7, 11) is 0. The number of hydrogen-bond donors (Lipinski definition) is 0. The van der Waals surface area contributed by atoms with Crippen molar-refractivity contribution in [1.82, 2.24) is 0 Å². The van der Waals surface area contributed by atoms with Gasteiger partial charge in [-0.05, 0) is 52.1 Å². The highest BCUT2D eigenvalue weighted by Gasteiger charge is 2.56. The molecular formula is C59H62O15. The average Bonchev–Trinajstić information content (AvgIpc) is 3.41. The van der Waals surface area contributed by atoms with Gasteiger partial charge in [0.15, 0.2) is 12.4 Å². The summed E-state index contributed by atoms with van der Waals surface area (Å²) >= 11 is 0. The molecule has 6 aromatic carbocycles. The third-order valence-corrected chi connectivity index (χ3v) is 12.1. The van der Waals surface area contributed by atoms with Gasteiger partial charge in [-0.1, -0.05) is 152 Å². The van der Waals surface area contributed by atoms with E-state index in [1.165, 1.54) is 20.8 Å². The predicted octanol–water partition coefficient (Wildman–Crippen LogP) is 8.88. The summed E-state index contributed by atoms with van der Waals surface area (Å²) in [6, 6.07) is 54.8. The van der Waals surface area contributed by atoms with Gasteiger partial charge in [0.25, 0.3) is 0 Å². The van der Waals surface area contributed by atoms with Crippen molar-refractivity contribution in [3.63, 3.8) is 0 Å². The zero-order valence-corrected chi connectivity index (χ0v) is 41.6. The summed E-state index contributed by atoms with van der Waals surface area (Å²) < 4.78 is 78.3. The van der Waals surface area contributed by atoms with E-state index >= 15 is 0 Å². The molecule has 388 valence electrons. The molecule has 2 aliphatic heterocycles. The van der Waals surface area contributed by atoms with Crippen LogP contribution in [-0.4, -0.2) is 92.5 Å². The highest BCUT2D eigenvalue weighted by molar-refractivity contribution is 5.69. The third-order valence-electron chi connectivity index (χ3n) is 12.1. The highest BCUT2D eigenvalue weighted by Crippen LogP contribution is 2.37. The Morgan fingerprint density at radius 2 is 0.757 bits per heavy atom. The number of hydrogen-bond acceptors (Lipinski definition) is 15. The molecule has 74 heavy (non-hydrogen) atoms. The Bertz CT molecular complexity index is 2610. The molecule has 0 aliphatic carbocycles. The fraction of sp³-hybridized carbons (Fsp3) is 0.339. The Kier molecular flexibility index (Phi) is 19.9. The molecule has 2 saturated heterocycles. The molecule has 0 N–H and O–H groups in total. The minimum Gasteiger partial charge on any atom is -0.461 e. The molecule has 0 saturated carbocycles. The quantitative estimate of drug-likeness (QED) is 0.0417. The van der Waals surface area contributed by atoms with Crippen LogP contribution < -0.4 is 9.47 Å². The maximum atomic E-state index is 13.3. The molecule has 15 heteroatoms. The van der Waals surface area contributed by atoms with E-state index in [4.69, 9.17) is 56.8 Å². The smallest absolute Gasteiger partial charge is 0.308 e. The number of carbonyl (C=O) groups excluding carboxylic acids is 3. The first-order chi connectivity index (χ1) is 36.1. The fourth-order valence-electron chi connectivity index (χ4n) is 8.68. The van der Waals surface area contributed by atoms with E-state index in [2.05, 4.69) is 0 Å². The molecule has 2 heterocycles. The lowest BCUT2D eigenvalue weighted by atomic mass is 9.95. The third kappa shape index (κ3) is 15.9. The van der Waals surface area contributed by atoms with Gasteiger partial charge in [-0.15, -0.1) is 0 Å². The van der Waals surface area contributed by atoms with E-state index in [0.29, 0.717) is 0 Å². The Balaban J connectivity index is 1.19. The molecule has 2 aliphatic rings. The van der Waals surface area contributed by atoms with Crippen molar-refractivity contribution >= 4 is 17.9 Å². The lowest BCUT2D eigenvalue weighted by Gasteiger charge is -2.49. The van der Waals surface area contributed by atoms with Crippen molar-refractivity contribution in [3.05, 3.63) is 204 Å². The van der Waals surface area contributed by atoms with Gasteiger partial charge in [-0.25, -0.2) is 0 Å². The zero-order chi connectivity index (χ0) is 51.5. The van der Waals surface area contributed by atoms with Crippen LogP contribution in [0.1, 0.15) is 48.6 Å². The van der Waals surface area contributed by atoms with Gasteiger partial charge in [0.2, 0.25) is 12.4 Å². The summed E-state index contributed by atoms with van der Waals surface area (Å²) in [6.45, 7) is 4.60. The van der Waals surface area contributed by atoms with E-state index in [-0.39, 0.29) is 57.7 Å². The zero-order valence-electron chi connectivity index (χ0n) is 41.6. The van der Waals surface area contributed by atoms with E-state index in [1.807, 2.05) is 152 Å². The number of esters is 3. The van der Waals surface area contributed by atoms with Crippen LogP contribution in [0, 0.1) is 0 Å². The summed E-state index contributed by atoms with van der Waals surface area (Å²) in [5.41, 5.74) is 4.53. The highest BCUT2D eigenvalue weighted by atomic mass is 16.8. The lowest BCUT2D eigenvalue weighted by molar-refractivity contribution is -0.366. The molecule has 0 aromatic heterocycles. The molecule has 0 bridgehead atoms. The topological polar surface area (TPSA) is 162 Å². The van der Waals surface area contributed by atoms with Crippen LogP contribution >= 0.6 is 0 Å². The Morgan fingerprint density at radius 1 is 0.378 bits per heavy atom. The van der Waals surface area contributed by atoms with Gasteiger partial charge in [-0.2, -0.15) is 0 Å². The summed E-state index contributed by atoms with van der Waals surface area (Å²) in [5, 5.41) is 0. The number of benzene rings is 6.